The van der Waals surface area contributed by atoms with E-state index in [0.29, 0.717) is 5.88 Å². The van der Waals surface area contributed by atoms with Gasteiger partial charge in [-0.3, -0.25) is 0 Å². The van der Waals surface area contributed by atoms with Crippen molar-refractivity contribution in [2.75, 3.05) is 5.73 Å². The van der Waals surface area contributed by atoms with Gasteiger partial charge >= 0.3 is 0 Å². The molecule has 3 heteroatoms. The summed E-state index contributed by atoms with van der Waals surface area (Å²) < 4.78 is 4.96. The van der Waals surface area contributed by atoms with Gasteiger partial charge in [-0.25, -0.2) is 0 Å². The van der Waals surface area contributed by atoms with Crippen LogP contribution in [0.1, 0.15) is 16.7 Å². The summed E-state index contributed by atoms with van der Waals surface area (Å²) >= 11 is 0. The van der Waals surface area contributed by atoms with Crippen molar-refractivity contribution in [2.24, 2.45) is 0 Å². The zero-order chi connectivity index (χ0) is 11.0. The highest BCUT2D eigenvalue weighted by Crippen LogP contribution is 2.28. The van der Waals surface area contributed by atoms with Crippen molar-refractivity contribution in [3.05, 3.63) is 34.9 Å². The minimum absolute atomic E-state index is 0.393. The summed E-state index contributed by atoms with van der Waals surface area (Å²) in [5.74, 6) is 0.393. The number of anilines is 1. The van der Waals surface area contributed by atoms with Crippen LogP contribution in [-0.4, -0.2) is 5.16 Å². The molecule has 2 aromatic rings. The van der Waals surface area contributed by atoms with Crippen LogP contribution < -0.4 is 5.73 Å². The highest BCUT2D eigenvalue weighted by atomic mass is 16.5. The Morgan fingerprint density at radius 2 is 1.93 bits per heavy atom. The molecule has 0 fully saturated rings. The average Bonchev–Trinajstić information content (AvgIpc) is 2.49. The van der Waals surface area contributed by atoms with Gasteiger partial charge in [-0.05, 0) is 26.3 Å². The zero-order valence-electron chi connectivity index (χ0n) is 9.16. The van der Waals surface area contributed by atoms with Gasteiger partial charge in [-0.2, -0.15) is 0 Å². The number of nitrogen functional groups attached to an aromatic ring is 1. The Balaban J connectivity index is 2.59. The smallest absolute Gasteiger partial charge is 0.225 e. The van der Waals surface area contributed by atoms with Crippen LogP contribution in [0.15, 0.2) is 22.7 Å². The summed E-state index contributed by atoms with van der Waals surface area (Å²) in [5, 5.41) is 3.98. The molecule has 3 nitrogen and oxygen atoms in total. The minimum atomic E-state index is 0.393. The first-order chi connectivity index (χ1) is 7.09. The Bertz CT molecular complexity index is 500. The van der Waals surface area contributed by atoms with Crippen LogP contribution in [0.5, 0.6) is 0 Å². The number of nitrogens with two attached hydrogens (primary N) is 1. The van der Waals surface area contributed by atoms with Crippen molar-refractivity contribution in [3.63, 3.8) is 0 Å². The standard InChI is InChI=1S/C12H14N2O/c1-7-4-5-10(8(2)6-7)11-9(3)12(13)15-14-11/h4-6H,13H2,1-3H3. The van der Waals surface area contributed by atoms with Gasteiger partial charge in [0.15, 0.2) is 0 Å². The Morgan fingerprint density at radius 3 is 2.47 bits per heavy atom. The fourth-order valence-electron chi connectivity index (χ4n) is 1.68. The summed E-state index contributed by atoms with van der Waals surface area (Å²) in [7, 11) is 0. The van der Waals surface area contributed by atoms with Gasteiger partial charge in [0.05, 0.1) is 0 Å². The SMILES string of the molecule is Cc1ccc(-c2noc(N)c2C)c(C)c1. The second-order valence-corrected chi connectivity index (χ2v) is 3.84. The van der Waals surface area contributed by atoms with Crippen LogP contribution in [-0.2, 0) is 0 Å². The zero-order valence-corrected chi connectivity index (χ0v) is 9.16. The molecule has 0 saturated heterocycles. The summed E-state index contributed by atoms with van der Waals surface area (Å²) in [5.41, 5.74) is 10.9. The molecule has 0 saturated carbocycles. The molecule has 0 aliphatic carbocycles. The summed E-state index contributed by atoms with van der Waals surface area (Å²) in [6.45, 7) is 6.05. The van der Waals surface area contributed by atoms with E-state index < -0.39 is 0 Å². The summed E-state index contributed by atoms with van der Waals surface area (Å²) in [4.78, 5) is 0. The second kappa shape index (κ2) is 3.42. The van der Waals surface area contributed by atoms with E-state index in [-0.39, 0.29) is 0 Å². The van der Waals surface area contributed by atoms with Gasteiger partial charge in [-0.15, -0.1) is 0 Å². The number of nitrogens with zero attached hydrogens (tertiary/aromatic N) is 1. The molecule has 0 unspecified atom stereocenters. The van der Waals surface area contributed by atoms with Crippen LogP contribution in [0, 0.1) is 20.8 Å². The number of aryl methyl sites for hydroxylation is 2. The first-order valence-corrected chi connectivity index (χ1v) is 4.89. The topological polar surface area (TPSA) is 52.0 Å². The van der Waals surface area contributed by atoms with Crippen LogP contribution in [0.25, 0.3) is 11.3 Å². The quantitative estimate of drug-likeness (QED) is 0.773. The van der Waals surface area contributed by atoms with Gasteiger partial charge in [-0.1, -0.05) is 28.9 Å². The van der Waals surface area contributed by atoms with E-state index in [1.54, 1.807) is 0 Å². The molecule has 1 aromatic heterocycles. The summed E-state index contributed by atoms with van der Waals surface area (Å²) in [6, 6.07) is 6.24. The molecule has 0 spiro atoms. The Hall–Kier alpha value is -1.77. The highest BCUT2D eigenvalue weighted by Gasteiger charge is 2.12. The fraction of sp³-hybridized carbons (Fsp3) is 0.250. The minimum Gasteiger partial charge on any atom is -0.367 e. The average molecular weight is 202 g/mol. The molecule has 0 bridgehead atoms. The first-order valence-electron chi connectivity index (χ1n) is 4.89. The Kier molecular flexibility index (Phi) is 2.23. The molecule has 0 aliphatic rings. The number of hydrogen-bond donors (Lipinski definition) is 1. The van der Waals surface area contributed by atoms with Crippen molar-refractivity contribution < 1.29 is 4.52 Å². The molecule has 2 rings (SSSR count). The molecule has 1 aromatic carbocycles. The fourth-order valence-corrected chi connectivity index (χ4v) is 1.68. The lowest BCUT2D eigenvalue weighted by Crippen LogP contribution is -1.88. The number of aromatic nitrogens is 1. The molecular weight excluding hydrogens is 188 g/mol. The summed E-state index contributed by atoms with van der Waals surface area (Å²) in [6.07, 6.45) is 0. The maximum absolute atomic E-state index is 5.63. The second-order valence-electron chi connectivity index (χ2n) is 3.84. The molecule has 0 radical (unpaired) electrons. The first kappa shape index (κ1) is 9.77. The molecule has 1 heterocycles. The largest absolute Gasteiger partial charge is 0.367 e. The van der Waals surface area contributed by atoms with E-state index in [4.69, 9.17) is 10.3 Å². The molecular formula is C12H14N2O. The molecule has 0 amide bonds. The monoisotopic (exact) mass is 202 g/mol. The number of rotatable bonds is 1. The number of hydrogen-bond acceptors (Lipinski definition) is 3. The van der Waals surface area contributed by atoms with Crippen molar-refractivity contribution in [1.82, 2.24) is 5.16 Å². The third kappa shape index (κ3) is 1.61. The van der Waals surface area contributed by atoms with Gasteiger partial charge in [0.1, 0.15) is 5.69 Å². The third-order valence-corrected chi connectivity index (χ3v) is 2.60. The van der Waals surface area contributed by atoms with E-state index in [0.717, 1.165) is 16.8 Å². The molecule has 15 heavy (non-hydrogen) atoms. The lowest BCUT2D eigenvalue weighted by Gasteiger charge is -2.03. The number of benzene rings is 1. The molecule has 78 valence electrons. The van der Waals surface area contributed by atoms with E-state index in [1.165, 1.54) is 11.1 Å². The van der Waals surface area contributed by atoms with Gasteiger partial charge in [0.2, 0.25) is 5.88 Å². The maximum Gasteiger partial charge on any atom is 0.225 e. The van der Waals surface area contributed by atoms with Gasteiger partial charge in [0.25, 0.3) is 0 Å². The van der Waals surface area contributed by atoms with Crippen LogP contribution in [0.3, 0.4) is 0 Å². The van der Waals surface area contributed by atoms with Crippen molar-refractivity contribution >= 4 is 5.88 Å². The lowest BCUT2D eigenvalue weighted by atomic mass is 10.0. The van der Waals surface area contributed by atoms with E-state index in [9.17, 15) is 0 Å². The van der Waals surface area contributed by atoms with E-state index >= 15 is 0 Å². The highest BCUT2D eigenvalue weighted by molar-refractivity contribution is 5.69. The van der Waals surface area contributed by atoms with E-state index in [2.05, 4.69) is 37.2 Å². The third-order valence-electron chi connectivity index (χ3n) is 2.60. The Labute approximate surface area is 88.9 Å². The maximum atomic E-state index is 5.63. The molecule has 0 atom stereocenters. The molecule has 0 aliphatic heterocycles. The van der Waals surface area contributed by atoms with Gasteiger partial charge in [0, 0.05) is 11.1 Å². The Morgan fingerprint density at radius 1 is 1.20 bits per heavy atom. The van der Waals surface area contributed by atoms with Crippen molar-refractivity contribution in [1.29, 1.82) is 0 Å². The van der Waals surface area contributed by atoms with E-state index in [1.807, 2.05) is 6.92 Å². The van der Waals surface area contributed by atoms with Crippen LogP contribution in [0.4, 0.5) is 5.88 Å². The lowest BCUT2D eigenvalue weighted by molar-refractivity contribution is 0.439. The van der Waals surface area contributed by atoms with Crippen molar-refractivity contribution in [2.45, 2.75) is 20.8 Å². The molecule has 2 N–H and O–H groups in total. The predicted octanol–water partition coefficient (Wildman–Crippen LogP) is 2.85. The van der Waals surface area contributed by atoms with Crippen molar-refractivity contribution in [3.8, 4) is 11.3 Å². The van der Waals surface area contributed by atoms with Crippen LogP contribution in [0.2, 0.25) is 0 Å². The normalized spacial score (nSPS) is 10.6. The van der Waals surface area contributed by atoms with Crippen LogP contribution >= 0.6 is 0 Å². The van der Waals surface area contributed by atoms with Gasteiger partial charge < -0.3 is 10.3 Å². The predicted molar refractivity (Wildman–Crippen MR) is 60.6 cm³/mol.